The van der Waals surface area contributed by atoms with Crippen LogP contribution in [-0.4, -0.2) is 24.1 Å². The number of aliphatic imine (C=N–C) groups is 1. The SMILES string of the molecule is NC(N)=NCCOc1cccc(C(F)(F)F)n1. The van der Waals surface area contributed by atoms with Crippen molar-refractivity contribution >= 4 is 5.96 Å². The summed E-state index contributed by atoms with van der Waals surface area (Å²) in [5.41, 5.74) is 9.12. The van der Waals surface area contributed by atoms with E-state index in [0.29, 0.717) is 0 Å². The average molecular weight is 248 g/mol. The summed E-state index contributed by atoms with van der Waals surface area (Å²) in [4.78, 5) is 6.91. The number of hydrogen-bond donors (Lipinski definition) is 2. The summed E-state index contributed by atoms with van der Waals surface area (Å²) in [7, 11) is 0. The quantitative estimate of drug-likeness (QED) is 0.467. The number of pyridine rings is 1. The van der Waals surface area contributed by atoms with E-state index in [2.05, 4.69) is 9.98 Å². The van der Waals surface area contributed by atoms with Crippen LogP contribution < -0.4 is 16.2 Å². The third-order valence-corrected chi connectivity index (χ3v) is 1.65. The summed E-state index contributed by atoms with van der Waals surface area (Å²) in [6, 6.07) is 3.40. The molecule has 8 heteroatoms. The van der Waals surface area contributed by atoms with Crippen molar-refractivity contribution in [3.05, 3.63) is 23.9 Å². The first-order valence-electron chi connectivity index (χ1n) is 4.62. The van der Waals surface area contributed by atoms with Crippen molar-refractivity contribution in [2.24, 2.45) is 16.5 Å². The Morgan fingerprint density at radius 1 is 1.35 bits per heavy atom. The van der Waals surface area contributed by atoms with Crippen molar-refractivity contribution in [3.8, 4) is 5.88 Å². The van der Waals surface area contributed by atoms with Gasteiger partial charge in [0.05, 0.1) is 6.54 Å². The molecule has 1 rings (SSSR count). The Morgan fingerprint density at radius 3 is 2.65 bits per heavy atom. The lowest BCUT2D eigenvalue weighted by Gasteiger charge is -2.08. The zero-order valence-corrected chi connectivity index (χ0v) is 8.74. The normalized spacial score (nSPS) is 11.0. The van der Waals surface area contributed by atoms with Gasteiger partial charge < -0.3 is 16.2 Å². The van der Waals surface area contributed by atoms with Crippen LogP contribution in [0, 0.1) is 0 Å². The van der Waals surface area contributed by atoms with Crippen LogP contribution >= 0.6 is 0 Å². The van der Waals surface area contributed by atoms with E-state index in [1.807, 2.05) is 0 Å². The lowest BCUT2D eigenvalue weighted by molar-refractivity contribution is -0.141. The fraction of sp³-hybridized carbons (Fsp3) is 0.333. The smallest absolute Gasteiger partial charge is 0.433 e. The van der Waals surface area contributed by atoms with Gasteiger partial charge in [-0.3, -0.25) is 4.99 Å². The average Bonchev–Trinajstić information content (AvgIpc) is 2.23. The van der Waals surface area contributed by atoms with Crippen LogP contribution in [0.2, 0.25) is 0 Å². The third-order valence-electron chi connectivity index (χ3n) is 1.65. The van der Waals surface area contributed by atoms with Crippen molar-refractivity contribution in [3.63, 3.8) is 0 Å². The Labute approximate surface area is 95.3 Å². The van der Waals surface area contributed by atoms with E-state index < -0.39 is 11.9 Å². The van der Waals surface area contributed by atoms with Crippen LogP contribution in [0.3, 0.4) is 0 Å². The Kier molecular flexibility index (Phi) is 4.13. The maximum absolute atomic E-state index is 12.3. The number of alkyl halides is 3. The molecular weight excluding hydrogens is 237 g/mol. The number of hydrogen-bond acceptors (Lipinski definition) is 3. The van der Waals surface area contributed by atoms with Gasteiger partial charge in [-0.1, -0.05) is 6.07 Å². The summed E-state index contributed by atoms with van der Waals surface area (Å²) >= 11 is 0. The first-order valence-corrected chi connectivity index (χ1v) is 4.62. The topological polar surface area (TPSA) is 86.5 Å². The minimum Gasteiger partial charge on any atom is -0.476 e. The molecule has 0 spiro atoms. The van der Waals surface area contributed by atoms with E-state index in [1.165, 1.54) is 12.1 Å². The standard InChI is InChI=1S/C9H11F3N4O/c10-9(11,12)6-2-1-3-7(16-6)17-5-4-15-8(13)14/h1-3H,4-5H2,(H4,13,14,15). The van der Waals surface area contributed by atoms with Gasteiger partial charge in [0.15, 0.2) is 5.96 Å². The van der Waals surface area contributed by atoms with E-state index in [9.17, 15) is 13.2 Å². The van der Waals surface area contributed by atoms with Gasteiger partial charge in [0, 0.05) is 6.07 Å². The molecule has 0 aliphatic heterocycles. The minimum absolute atomic E-state index is 0.0478. The number of halogens is 3. The molecule has 17 heavy (non-hydrogen) atoms. The molecule has 1 aromatic heterocycles. The molecule has 4 N–H and O–H groups in total. The molecule has 0 aliphatic carbocycles. The number of nitrogens with two attached hydrogens (primary N) is 2. The van der Waals surface area contributed by atoms with Crippen molar-refractivity contribution < 1.29 is 17.9 Å². The van der Waals surface area contributed by atoms with Gasteiger partial charge in [0.25, 0.3) is 0 Å². The van der Waals surface area contributed by atoms with Gasteiger partial charge in [0.2, 0.25) is 5.88 Å². The first-order chi connectivity index (χ1) is 7.89. The Morgan fingerprint density at radius 2 is 2.06 bits per heavy atom. The number of ether oxygens (including phenoxy) is 1. The molecule has 5 nitrogen and oxygen atoms in total. The van der Waals surface area contributed by atoms with Crippen LogP contribution in [0.15, 0.2) is 23.2 Å². The predicted octanol–water partition coefficient (Wildman–Crippen LogP) is 0.753. The molecular formula is C9H11F3N4O. The summed E-state index contributed by atoms with van der Waals surface area (Å²) in [5.74, 6) is -0.226. The van der Waals surface area contributed by atoms with Crippen LogP contribution in [0.25, 0.3) is 0 Å². The lowest BCUT2D eigenvalue weighted by Crippen LogP contribution is -2.23. The Hall–Kier alpha value is -1.99. The largest absolute Gasteiger partial charge is 0.476 e. The maximum atomic E-state index is 12.3. The van der Waals surface area contributed by atoms with Crippen molar-refractivity contribution in [2.45, 2.75) is 6.18 Å². The molecule has 0 aromatic carbocycles. The first kappa shape index (κ1) is 13.1. The van der Waals surface area contributed by atoms with Gasteiger partial charge >= 0.3 is 6.18 Å². The molecule has 0 atom stereocenters. The minimum atomic E-state index is -4.49. The zero-order valence-electron chi connectivity index (χ0n) is 8.74. The molecule has 0 unspecified atom stereocenters. The molecule has 0 bridgehead atoms. The fourth-order valence-electron chi connectivity index (χ4n) is 0.978. The lowest BCUT2D eigenvalue weighted by atomic mass is 10.3. The molecule has 0 saturated carbocycles. The molecule has 0 aliphatic rings. The molecule has 0 radical (unpaired) electrons. The second kappa shape index (κ2) is 5.37. The summed E-state index contributed by atoms with van der Waals surface area (Å²) < 4.78 is 41.8. The van der Waals surface area contributed by atoms with E-state index in [-0.39, 0.29) is 25.0 Å². The van der Waals surface area contributed by atoms with Crippen molar-refractivity contribution in [1.82, 2.24) is 4.98 Å². The summed E-state index contributed by atoms with van der Waals surface area (Å²) in [5, 5.41) is 0. The van der Waals surface area contributed by atoms with Gasteiger partial charge in [0.1, 0.15) is 12.3 Å². The molecule has 0 saturated heterocycles. The van der Waals surface area contributed by atoms with Gasteiger partial charge in [-0.05, 0) is 6.07 Å². The number of rotatable bonds is 4. The van der Waals surface area contributed by atoms with E-state index in [4.69, 9.17) is 16.2 Å². The summed E-state index contributed by atoms with van der Waals surface area (Å²) in [6.45, 7) is 0.201. The number of guanidine groups is 1. The highest BCUT2D eigenvalue weighted by molar-refractivity contribution is 5.75. The molecule has 1 heterocycles. The Bertz CT molecular complexity index is 401. The zero-order chi connectivity index (χ0) is 12.9. The molecule has 0 amide bonds. The van der Waals surface area contributed by atoms with Gasteiger partial charge in [-0.25, -0.2) is 4.98 Å². The second-order valence-corrected chi connectivity index (χ2v) is 3.01. The van der Waals surface area contributed by atoms with E-state index >= 15 is 0 Å². The third kappa shape index (κ3) is 4.58. The number of aromatic nitrogens is 1. The van der Waals surface area contributed by atoms with Crippen LogP contribution in [-0.2, 0) is 6.18 Å². The van der Waals surface area contributed by atoms with Crippen LogP contribution in [0.4, 0.5) is 13.2 Å². The van der Waals surface area contributed by atoms with Crippen molar-refractivity contribution in [1.29, 1.82) is 0 Å². The number of nitrogens with zero attached hydrogens (tertiary/aromatic N) is 2. The highest BCUT2D eigenvalue weighted by Crippen LogP contribution is 2.28. The maximum Gasteiger partial charge on any atom is 0.433 e. The van der Waals surface area contributed by atoms with E-state index in [0.717, 1.165) is 6.07 Å². The van der Waals surface area contributed by atoms with Crippen molar-refractivity contribution in [2.75, 3.05) is 13.2 Å². The van der Waals surface area contributed by atoms with Crippen LogP contribution in [0.1, 0.15) is 5.69 Å². The Balaban J connectivity index is 2.58. The van der Waals surface area contributed by atoms with E-state index in [1.54, 1.807) is 0 Å². The fourth-order valence-corrected chi connectivity index (χ4v) is 0.978. The highest BCUT2D eigenvalue weighted by Gasteiger charge is 2.32. The summed E-state index contributed by atoms with van der Waals surface area (Å²) in [6.07, 6.45) is -4.49. The molecule has 1 aromatic rings. The highest BCUT2D eigenvalue weighted by atomic mass is 19.4. The molecule has 94 valence electrons. The molecule has 0 fully saturated rings. The van der Waals surface area contributed by atoms with Crippen LogP contribution in [0.5, 0.6) is 5.88 Å². The second-order valence-electron chi connectivity index (χ2n) is 3.01. The van der Waals surface area contributed by atoms with Gasteiger partial charge in [-0.15, -0.1) is 0 Å². The predicted molar refractivity (Wildman–Crippen MR) is 55.4 cm³/mol. The monoisotopic (exact) mass is 248 g/mol. The van der Waals surface area contributed by atoms with Gasteiger partial charge in [-0.2, -0.15) is 13.2 Å².